The summed E-state index contributed by atoms with van der Waals surface area (Å²) in [6.45, 7) is 2.94. The highest BCUT2D eigenvalue weighted by atomic mass is 32.1. The number of imidazole rings is 1. The van der Waals surface area contributed by atoms with Crippen molar-refractivity contribution in [2.24, 2.45) is 0 Å². The molecular formula is C15H15N3S. The molecule has 0 unspecified atom stereocenters. The van der Waals surface area contributed by atoms with Crippen LogP contribution in [-0.2, 0) is 13.0 Å². The highest BCUT2D eigenvalue weighted by molar-refractivity contribution is 7.71. The van der Waals surface area contributed by atoms with Crippen LogP contribution in [0.2, 0.25) is 0 Å². The number of rotatable bonds is 3. The number of fused-ring (bicyclic) bond motifs is 1. The molecule has 2 aromatic heterocycles. The second kappa shape index (κ2) is 4.97. The van der Waals surface area contributed by atoms with E-state index in [0.29, 0.717) is 0 Å². The Balaban J connectivity index is 1.92. The van der Waals surface area contributed by atoms with Gasteiger partial charge in [-0.05, 0) is 37.2 Å². The maximum absolute atomic E-state index is 5.28. The second-order valence-corrected chi connectivity index (χ2v) is 5.02. The molecule has 0 saturated carbocycles. The molecule has 96 valence electrons. The van der Waals surface area contributed by atoms with E-state index in [1.807, 2.05) is 18.5 Å². The summed E-state index contributed by atoms with van der Waals surface area (Å²) in [5.41, 5.74) is 3.52. The summed E-state index contributed by atoms with van der Waals surface area (Å²) < 4.78 is 2.91. The number of para-hydroxylation sites is 1. The first-order valence-corrected chi connectivity index (χ1v) is 6.74. The van der Waals surface area contributed by atoms with Gasteiger partial charge in [0.1, 0.15) is 0 Å². The van der Waals surface area contributed by atoms with E-state index >= 15 is 0 Å². The Morgan fingerprint density at radius 2 is 2.11 bits per heavy atom. The minimum Gasteiger partial charge on any atom is -0.337 e. The van der Waals surface area contributed by atoms with Crippen LogP contribution in [0.4, 0.5) is 0 Å². The van der Waals surface area contributed by atoms with E-state index in [9.17, 15) is 0 Å². The highest BCUT2D eigenvalue weighted by Crippen LogP contribution is 2.17. The number of nitrogens with zero attached hydrogens (tertiary/aromatic N) is 2. The fourth-order valence-corrected chi connectivity index (χ4v) is 2.66. The molecule has 3 aromatic rings. The first-order chi connectivity index (χ1) is 9.25. The maximum atomic E-state index is 5.28. The van der Waals surface area contributed by atoms with E-state index in [1.54, 1.807) is 0 Å². The first-order valence-electron chi connectivity index (χ1n) is 6.33. The molecule has 19 heavy (non-hydrogen) atoms. The molecule has 0 aliphatic carbocycles. The van der Waals surface area contributed by atoms with Gasteiger partial charge in [-0.15, -0.1) is 0 Å². The van der Waals surface area contributed by atoms with Gasteiger partial charge in [0.15, 0.2) is 4.77 Å². The summed E-state index contributed by atoms with van der Waals surface area (Å²) in [4.78, 5) is 7.56. The average Bonchev–Trinajstić information content (AvgIpc) is 2.76. The van der Waals surface area contributed by atoms with Gasteiger partial charge in [0, 0.05) is 30.0 Å². The molecule has 3 nitrogen and oxygen atoms in total. The standard InChI is InChI=1S/C15H15N3S/c1-11-10-17-15(19)18(11)9-7-13-5-2-4-12-6-3-8-16-14(12)13/h2-6,8,10H,7,9H2,1H3,(H,17,19). The van der Waals surface area contributed by atoms with Crippen molar-refractivity contribution in [3.05, 3.63) is 58.8 Å². The van der Waals surface area contributed by atoms with Crippen molar-refractivity contribution in [1.29, 1.82) is 0 Å². The fraction of sp³-hybridized carbons (Fsp3) is 0.200. The molecule has 0 aliphatic rings. The third-order valence-corrected chi connectivity index (χ3v) is 3.73. The number of H-pyrrole nitrogens is 1. The van der Waals surface area contributed by atoms with Crippen molar-refractivity contribution in [2.45, 2.75) is 19.9 Å². The lowest BCUT2D eigenvalue weighted by atomic mass is 10.1. The van der Waals surface area contributed by atoms with Gasteiger partial charge in [0.2, 0.25) is 0 Å². The Kier molecular flexibility index (Phi) is 3.17. The van der Waals surface area contributed by atoms with E-state index in [0.717, 1.165) is 28.9 Å². The number of hydrogen-bond donors (Lipinski definition) is 1. The topological polar surface area (TPSA) is 33.6 Å². The van der Waals surface area contributed by atoms with Gasteiger partial charge in [0.25, 0.3) is 0 Å². The maximum Gasteiger partial charge on any atom is 0.177 e. The lowest BCUT2D eigenvalue weighted by Gasteiger charge is -2.07. The SMILES string of the molecule is Cc1c[nH]c(=S)n1CCc1cccc2cccnc12. The largest absolute Gasteiger partial charge is 0.337 e. The molecule has 2 heterocycles. The van der Waals surface area contributed by atoms with Crippen LogP contribution >= 0.6 is 12.2 Å². The molecule has 0 amide bonds. The van der Waals surface area contributed by atoms with Crippen LogP contribution in [0, 0.1) is 11.7 Å². The average molecular weight is 269 g/mol. The Morgan fingerprint density at radius 1 is 1.26 bits per heavy atom. The van der Waals surface area contributed by atoms with Crippen molar-refractivity contribution in [3.8, 4) is 0 Å². The minimum atomic E-state index is 0.783. The van der Waals surface area contributed by atoms with Crippen molar-refractivity contribution in [2.75, 3.05) is 0 Å². The van der Waals surface area contributed by atoms with Crippen LogP contribution in [0.3, 0.4) is 0 Å². The number of hydrogen-bond acceptors (Lipinski definition) is 2. The highest BCUT2D eigenvalue weighted by Gasteiger charge is 2.04. The number of aryl methyl sites for hydroxylation is 2. The summed E-state index contributed by atoms with van der Waals surface area (Å²) in [5, 5.41) is 1.19. The quantitative estimate of drug-likeness (QED) is 0.736. The van der Waals surface area contributed by atoms with Crippen LogP contribution in [0.1, 0.15) is 11.3 Å². The van der Waals surface area contributed by atoms with Crippen molar-refractivity contribution in [1.82, 2.24) is 14.5 Å². The molecule has 0 spiro atoms. The van der Waals surface area contributed by atoms with Gasteiger partial charge in [-0.25, -0.2) is 0 Å². The normalized spacial score (nSPS) is 11.0. The molecule has 0 aliphatic heterocycles. The first kappa shape index (κ1) is 12.1. The van der Waals surface area contributed by atoms with Crippen LogP contribution in [0.15, 0.2) is 42.7 Å². The molecule has 0 fully saturated rings. The third-order valence-electron chi connectivity index (χ3n) is 3.40. The number of aromatic nitrogens is 3. The zero-order valence-corrected chi connectivity index (χ0v) is 11.6. The van der Waals surface area contributed by atoms with Crippen LogP contribution in [0.5, 0.6) is 0 Å². The Labute approximate surface area is 116 Å². The number of benzene rings is 1. The van der Waals surface area contributed by atoms with Crippen molar-refractivity contribution < 1.29 is 0 Å². The lowest BCUT2D eigenvalue weighted by molar-refractivity contribution is 0.670. The van der Waals surface area contributed by atoms with Crippen LogP contribution in [0.25, 0.3) is 10.9 Å². The monoisotopic (exact) mass is 269 g/mol. The fourth-order valence-electron chi connectivity index (χ4n) is 2.36. The van der Waals surface area contributed by atoms with Gasteiger partial charge < -0.3 is 9.55 Å². The molecule has 0 radical (unpaired) electrons. The minimum absolute atomic E-state index is 0.783. The lowest BCUT2D eigenvalue weighted by Crippen LogP contribution is -2.04. The summed E-state index contributed by atoms with van der Waals surface area (Å²) >= 11 is 5.28. The summed E-state index contributed by atoms with van der Waals surface area (Å²) in [5.74, 6) is 0. The second-order valence-electron chi connectivity index (χ2n) is 4.63. The van der Waals surface area contributed by atoms with Gasteiger partial charge in [-0.3, -0.25) is 4.98 Å². The summed E-state index contributed by atoms with van der Waals surface area (Å²) in [6.07, 6.45) is 4.73. The van der Waals surface area contributed by atoms with Gasteiger partial charge >= 0.3 is 0 Å². The zero-order chi connectivity index (χ0) is 13.2. The molecule has 1 N–H and O–H groups in total. The van der Waals surface area contributed by atoms with E-state index in [2.05, 4.69) is 45.7 Å². The Bertz CT molecular complexity index is 765. The summed E-state index contributed by atoms with van der Waals surface area (Å²) in [6, 6.07) is 10.4. The van der Waals surface area contributed by atoms with Crippen LogP contribution in [-0.4, -0.2) is 14.5 Å². The van der Waals surface area contributed by atoms with Crippen molar-refractivity contribution in [3.63, 3.8) is 0 Å². The van der Waals surface area contributed by atoms with Gasteiger partial charge in [0.05, 0.1) is 5.52 Å². The summed E-state index contributed by atoms with van der Waals surface area (Å²) in [7, 11) is 0. The molecule has 1 aromatic carbocycles. The third kappa shape index (κ3) is 2.31. The molecule has 4 heteroatoms. The zero-order valence-electron chi connectivity index (χ0n) is 10.8. The van der Waals surface area contributed by atoms with Crippen LogP contribution < -0.4 is 0 Å². The van der Waals surface area contributed by atoms with Crippen molar-refractivity contribution >= 4 is 23.1 Å². The molecule has 0 saturated heterocycles. The van der Waals surface area contributed by atoms with Gasteiger partial charge in [-0.1, -0.05) is 24.3 Å². The van der Waals surface area contributed by atoms with Gasteiger partial charge in [-0.2, -0.15) is 0 Å². The smallest absolute Gasteiger partial charge is 0.177 e. The number of nitrogens with one attached hydrogen (secondary N) is 1. The van der Waals surface area contributed by atoms with E-state index in [1.165, 1.54) is 10.9 Å². The van der Waals surface area contributed by atoms with E-state index in [4.69, 9.17) is 12.2 Å². The number of pyridine rings is 1. The molecular weight excluding hydrogens is 254 g/mol. The predicted octanol–water partition coefficient (Wildman–Crippen LogP) is 3.65. The molecule has 3 rings (SSSR count). The predicted molar refractivity (Wildman–Crippen MR) is 79.8 cm³/mol. The van der Waals surface area contributed by atoms with E-state index in [-0.39, 0.29) is 0 Å². The molecule has 0 atom stereocenters. The number of aromatic amines is 1. The van der Waals surface area contributed by atoms with E-state index < -0.39 is 0 Å². The Morgan fingerprint density at radius 3 is 2.89 bits per heavy atom. The Hall–Kier alpha value is -1.94. The molecule has 0 bridgehead atoms.